The Morgan fingerprint density at radius 1 is 1.40 bits per heavy atom. The van der Waals surface area contributed by atoms with Crippen LogP contribution in [0.3, 0.4) is 0 Å². The molecule has 0 aromatic rings. The Bertz CT molecular complexity index is 215. The average molecular weight is 211 g/mol. The maximum Gasteiger partial charge on any atom is 0.0251 e. The molecular weight excluding hydrogens is 186 g/mol. The Hall–Kier alpha value is -0.380. The third kappa shape index (κ3) is 3.59. The molecule has 0 aliphatic heterocycles. The molecule has 0 saturated heterocycles. The molecule has 1 rings (SSSR count). The van der Waals surface area contributed by atoms with E-state index in [1.54, 1.807) is 0 Å². The van der Waals surface area contributed by atoms with Crippen molar-refractivity contribution in [2.45, 2.75) is 51.2 Å². The van der Waals surface area contributed by atoms with Crippen molar-refractivity contribution in [1.29, 1.82) is 0 Å². The molecule has 0 aromatic carbocycles. The molecule has 0 bridgehead atoms. The lowest BCUT2D eigenvalue weighted by Gasteiger charge is -2.39. The summed E-state index contributed by atoms with van der Waals surface area (Å²) in [4.78, 5) is 2.43. The lowest BCUT2D eigenvalue weighted by atomic mass is 9.86. The summed E-state index contributed by atoms with van der Waals surface area (Å²) in [5, 5.41) is 0. The smallest absolute Gasteiger partial charge is 0.0251 e. The first-order valence-electron chi connectivity index (χ1n) is 5.94. The largest absolute Gasteiger partial charge is 0.328 e. The van der Waals surface area contributed by atoms with E-state index in [-0.39, 0.29) is 6.04 Å². The molecule has 0 amide bonds. The minimum atomic E-state index is 0.230. The molecule has 0 radical (unpaired) electrons. The monoisotopic (exact) mass is 211 g/mol. The van der Waals surface area contributed by atoms with Crippen LogP contribution in [0.2, 0.25) is 0 Å². The van der Waals surface area contributed by atoms with Gasteiger partial charge in [-0.25, -0.2) is 0 Å². The van der Waals surface area contributed by atoms with Gasteiger partial charge in [-0.15, -0.1) is 0 Å². The van der Waals surface area contributed by atoms with Crippen molar-refractivity contribution in [2.75, 3.05) is 13.1 Å². The Morgan fingerprint density at radius 2 is 2.07 bits per heavy atom. The number of nitrogens with zero attached hydrogens (tertiary/aromatic N) is 1. The van der Waals surface area contributed by atoms with Gasteiger partial charge < -0.3 is 11.5 Å². The van der Waals surface area contributed by atoms with Gasteiger partial charge in [0, 0.05) is 24.7 Å². The lowest BCUT2D eigenvalue weighted by molar-refractivity contribution is 0.148. The van der Waals surface area contributed by atoms with Gasteiger partial charge in [-0.3, -0.25) is 4.90 Å². The second kappa shape index (κ2) is 5.64. The molecule has 0 spiro atoms. The van der Waals surface area contributed by atoms with Crippen LogP contribution in [0.15, 0.2) is 12.2 Å². The van der Waals surface area contributed by atoms with Crippen molar-refractivity contribution in [3.05, 3.63) is 12.2 Å². The van der Waals surface area contributed by atoms with Gasteiger partial charge in [-0.05, 0) is 32.7 Å². The van der Waals surface area contributed by atoms with Crippen molar-refractivity contribution in [3.63, 3.8) is 0 Å². The number of hydrogen-bond acceptors (Lipinski definition) is 3. The normalized spacial score (nSPS) is 31.9. The van der Waals surface area contributed by atoms with E-state index in [0.717, 1.165) is 32.4 Å². The van der Waals surface area contributed by atoms with Crippen molar-refractivity contribution in [1.82, 2.24) is 4.90 Å². The molecule has 1 aliphatic rings. The molecule has 1 aliphatic carbocycles. The summed E-state index contributed by atoms with van der Waals surface area (Å²) < 4.78 is 0. The highest BCUT2D eigenvalue weighted by Gasteiger charge is 2.29. The molecule has 3 heteroatoms. The third-order valence-corrected chi connectivity index (χ3v) is 3.25. The van der Waals surface area contributed by atoms with Crippen LogP contribution in [0, 0.1) is 0 Å². The van der Waals surface area contributed by atoms with Crippen LogP contribution in [0.5, 0.6) is 0 Å². The van der Waals surface area contributed by atoms with Crippen molar-refractivity contribution in [2.24, 2.45) is 11.5 Å². The van der Waals surface area contributed by atoms with Gasteiger partial charge in [0.15, 0.2) is 0 Å². The molecule has 3 atom stereocenters. The topological polar surface area (TPSA) is 55.3 Å². The zero-order valence-electron chi connectivity index (χ0n) is 10.1. The summed E-state index contributed by atoms with van der Waals surface area (Å²) >= 11 is 0. The van der Waals surface area contributed by atoms with Crippen LogP contribution >= 0.6 is 0 Å². The predicted molar refractivity (Wildman–Crippen MR) is 65.7 cm³/mol. The highest BCUT2D eigenvalue weighted by Crippen LogP contribution is 2.21. The summed E-state index contributed by atoms with van der Waals surface area (Å²) in [6.07, 6.45) is 3.19. The molecule has 15 heavy (non-hydrogen) atoms. The fraction of sp³-hybridized carbons (Fsp3) is 0.833. The number of likely N-dealkylation sites (N-methyl/N-ethyl adjacent to an activating group) is 1. The maximum absolute atomic E-state index is 6.17. The van der Waals surface area contributed by atoms with Crippen LogP contribution < -0.4 is 11.5 Å². The van der Waals surface area contributed by atoms with Crippen LogP contribution in [0.4, 0.5) is 0 Å². The molecule has 3 nitrogen and oxygen atoms in total. The van der Waals surface area contributed by atoms with Crippen molar-refractivity contribution in [3.8, 4) is 0 Å². The lowest BCUT2D eigenvalue weighted by Crippen LogP contribution is -2.53. The summed E-state index contributed by atoms with van der Waals surface area (Å²) in [5.74, 6) is 0. The molecule has 88 valence electrons. The first-order chi connectivity index (χ1) is 7.04. The first kappa shape index (κ1) is 12.7. The van der Waals surface area contributed by atoms with Gasteiger partial charge in [0.2, 0.25) is 0 Å². The Balaban J connectivity index is 2.55. The summed E-state index contributed by atoms with van der Waals surface area (Å²) in [5.41, 5.74) is 13.3. The second-order valence-corrected chi connectivity index (χ2v) is 4.82. The van der Waals surface area contributed by atoms with E-state index in [1.165, 1.54) is 5.57 Å². The Labute approximate surface area is 93.5 Å². The third-order valence-electron chi connectivity index (χ3n) is 3.25. The van der Waals surface area contributed by atoms with E-state index in [2.05, 4.69) is 25.3 Å². The molecule has 1 fully saturated rings. The van der Waals surface area contributed by atoms with E-state index < -0.39 is 0 Å². The summed E-state index contributed by atoms with van der Waals surface area (Å²) in [6, 6.07) is 1.03. The number of nitrogens with two attached hydrogens (primary N) is 2. The fourth-order valence-corrected chi connectivity index (χ4v) is 2.49. The standard InChI is InChI=1S/C12H25N3/c1-4-15(8-9(2)3)12-6-5-10(13)7-11(12)14/h10-12H,2,4-8,13-14H2,1,3H3. The zero-order valence-corrected chi connectivity index (χ0v) is 10.1. The highest BCUT2D eigenvalue weighted by atomic mass is 15.2. The molecular formula is C12H25N3. The van der Waals surface area contributed by atoms with Crippen LogP contribution in [0.25, 0.3) is 0 Å². The molecule has 4 N–H and O–H groups in total. The minimum absolute atomic E-state index is 0.230. The van der Waals surface area contributed by atoms with Gasteiger partial charge in [0.25, 0.3) is 0 Å². The Morgan fingerprint density at radius 3 is 2.53 bits per heavy atom. The summed E-state index contributed by atoms with van der Waals surface area (Å²) in [7, 11) is 0. The number of rotatable bonds is 4. The average Bonchev–Trinajstić information content (AvgIpc) is 2.14. The fourth-order valence-electron chi connectivity index (χ4n) is 2.49. The van der Waals surface area contributed by atoms with E-state index >= 15 is 0 Å². The first-order valence-corrected chi connectivity index (χ1v) is 5.94. The van der Waals surface area contributed by atoms with Crippen LogP contribution in [0.1, 0.15) is 33.1 Å². The molecule has 0 heterocycles. The SMILES string of the molecule is C=C(C)CN(CC)C1CCC(N)CC1N. The van der Waals surface area contributed by atoms with Gasteiger partial charge >= 0.3 is 0 Å². The van der Waals surface area contributed by atoms with E-state index in [1.807, 2.05) is 0 Å². The van der Waals surface area contributed by atoms with Gasteiger partial charge in [-0.1, -0.05) is 19.1 Å². The van der Waals surface area contributed by atoms with Crippen molar-refractivity contribution < 1.29 is 0 Å². The molecule has 1 saturated carbocycles. The van der Waals surface area contributed by atoms with Crippen LogP contribution in [-0.2, 0) is 0 Å². The molecule has 3 unspecified atom stereocenters. The highest BCUT2D eigenvalue weighted by molar-refractivity contribution is 4.97. The van der Waals surface area contributed by atoms with Crippen molar-refractivity contribution >= 4 is 0 Å². The quantitative estimate of drug-likeness (QED) is 0.684. The second-order valence-electron chi connectivity index (χ2n) is 4.82. The van der Waals surface area contributed by atoms with Crippen LogP contribution in [-0.4, -0.2) is 36.1 Å². The van der Waals surface area contributed by atoms with Gasteiger partial charge in [0.05, 0.1) is 0 Å². The summed E-state index contributed by atoms with van der Waals surface area (Å²) in [6.45, 7) is 10.2. The van der Waals surface area contributed by atoms with Gasteiger partial charge in [0.1, 0.15) is 0 Å². The minimum Gasteiger partial charge on any atom is -0.328 e. The Kier molecular flexibility index (Phi) is 4.77. The van der Waals surface area contributed by atoms with E-state index in [4.69, 9.17) is 11.5 Å². The van der Waals surface area contributed by atoms with E-state index in [9.17, 15) is 0 Å². The maximum atomic E-state index is 6.17. The van der Waals surface area contributed by atoms with E-state index in [0.29, 0.717) is 12.1 Å². The predicted octanol–water partition coefficient (Wildman–Crippen LogP) is 1.09. The number of hydrogen-bond donors (Lipinski definition) is 2. The molecule has 0 aromatic heterocycles. The zero-order chi connectivity index (χ0) is 11.4. The van der Waals surface area contributed by atoms with Gasteiger partial charge in [-0.2, -0.15) is 0 Å².